The molecule has 2 heterocycles. The molecule has 5 heteroatoms. The van der Waals surface area contributed by atoms with Crippen molar-refractivity contribution in [2.75, 3.05) is 26.2 Å². The number of hydrogen-bond acceptors (Lipinski definition) is 2. The van der Waals surface area contributed by atoms with Crippen LogP contribution in [0.15, 0.2) is 18.2 Å². The van der Waals surface area contributed by atoms with E-state index in [1.165, 1.54) is 0 Å². The maximum absolute atomic E-state index is 12.6. The Kier molecular flexibility index (Phi) is 5.50. The normalized spacial score (nSPS) is 21.1. The summed E-state index contributed by atoms with van der Waals surface area (Å²) in [6.45, 7) is 5.78. The third-order valence-corrected chi connectivity index (χ3v) is 5.96. The van der Waals surface area contributed by atoms with Crippen LogP contribution in [0.4, 0.5) is 0 Å². The molecule has 2 aliphatic heterocycles. The Bertz CT molecular complexity index is 566. The van der Waals surface area contributed by atoms with Gasteiger partial charge in [-0.15, -0.1) is 0 Å². The van der Waals surface area contributed by atoms with E-state index < -0.39 is 0 Å². The average Bonchev–Trinajstić information content (AvgIpc) is 2.49. The molecule has 0 saturated carbocycles. The highest BCUT2D eigenvalue weighted by molar-refractivity contribution is 6.33. The van der Waals surface area contributed by atoms with Gasteiger partial charge in [-0.3, -0.25) is 4.79 Å². The molecule has 3 rings (SSSR count). The average molecular weight is 355 g/mol. The summed E-state index contributed by atoms with van der Waals surface area (Å²) >= 11 is 12.3. The van der Waals surface area contributed by atoms with Crippen molar-refractivity contribution in [2.45, 2.75) is 26.2 Å². The Labute approximate surface area is 148 Å². The van der Waals surface area contributed by atoms with Crippen molar-refractivity contribution in [1.82, 2.24) is 10.2 Å². The van der Waals surface area contributed by atoms with Crippen molar-refractivity contribution in [3.63, 3.8) is 0 Å². The summed E-state index contributed by atoms with van der Waals surface area (Å²) < 4.78 is 0. The minimum Gasteiger partial charge on any atom is -0.342 e. The van der Waals surface area contributed by atoms with Gasteiger partial charge in [0.25, 0.3) is 0 Å². The molecule has 0 aliphatic carbocycles. The first kappa shape index (κ1) is 17.1. The number of amides is 1. The number of rotatable bonds is 4. The maximum atomic E-state index is 12.6. The monoisotopic (exact) mass is 354 g/mol. The van der Waals surface area contributed by atoms with Crippen molar-refractivity contribution >= 4 is 29.1 Å². The summed E-state index contributed by atoms with van der Waals surface area (Å²) in [6.07, 6.45) is 3.04. The number of benzene rings is 1. The Morgan fingerprint density at radius 3 is 2.61 bits per heavy atom. The lowest BCUT2D eigenvalue weighted by atomic mass is 9.86. The molecule has 2 aliphatic rings. The molecule has 1 unspecified atom stereocenters. The Hall–Kier alpha value is -0.770. The zero-order chi connectivity index (χ0) is 16.4. The summed E-state index contributed by atoms with van der Waals surface area (Å²) in [6, 6.07) is 5.66. The molecule has 126 valence electrons. The van der Waals surface area contributed by atoms with Gasteiger partial charge in [-0.25, -0.2) is 0 Å². The van der Waals surface area contributed by atoms with Crippen LogP contribution in [0.25, 0.3) is 0 Å². The van der Waals surface area contributed by atoms with Crippen LogP contribution in [0.1, 0.15) is 25.3 Å². The Morgan fingerprint density at radius 1 is 1.30 bits per heavy atom. The third-order valence-electron chi connectivity index (χ3n) is 5.35. The molecule has 1 aromatic carbocycles. The fourth-order valence-electron chi connectivity index (χ4n) is 3.52. The van der Waals surface area contributed by atoms with Crippen LogP contribution in [-0.4, -0.2) is 37.0 Å². The van der Waals surface area contributed by atoms with E-state index in [2.05, 4.69) is 17.1 Å². The second-order valence-electron chi connectivity index (χ2n) is 6.92. The summed E-state index contributed by atoms with van der Waals surface area (Å²) in [5, 5.41) is 4.78. The highest BCUT2D eigenvalue weighted by atomic mass is 35.5. The molecular weight excluding hydrogens is 331 g/mol. The van der Waals surface area contributed by atoms with Crippen molar-refractivity contribution in [2.24, 2.45) is 17.8 Å². The van der Waals surface area contributed by atoms with Gasteiger partial charge in [0.15, 0.2) is 0 Å². The SMILES string of the molecule is CC(C(=O)N1CCC(Cc2cc(Cl)ccc2Cl)CC1)C1CNC1. The number of nitrogens with one attached hydrogen (secondary N) is 1. The predicted octanol–water partition coefficient (Wildman–Crippen LogP) is 3.63. The van der Waals surface area contributed by atoms with Gasteiger partial charge >= 0.3 is 0 Å². The van der Waals surface area contributed by atoms with Gasteiger partial charge in [-0.05, 0) is 68.0 Å². The van der Waals surface area contributed by atoms with E-state index in [1.807, 2.05) is 18.2 Å². The number of hydrogen-bond donors (Lipinski definition) is 1. The van der Waals surface area contributed by atoms with Gasteiger partial charge in [0.2, 0.25) is 5.91 Å². The summed E-state index contributed by atoms with van der Waals surface area (Å²) in [5.74, 6) is 1.58. The van der Waals surface area contributed by atoms with Crippen molar-refractivity contribution in [3.05, 3.63) is 33.8 Å². The Balaban J connectivity index is 1.52. The minimum absolute atomic E-state index is 0.148. The number of piperidine rings is 1. The van der Waals surface area contributed by atoms with Gasteiger partial charge < -0.3 is 10.2 Å². The molecule has 2 fully saturated rings. The fraction of sp³-hybridized carbons (Fsp3) is 0.611. The molecule has 2 saturated heterocycles. The van der Waals surface area contributed by atoms with Crippen LogP contribution < -0.4 is 5.32 Å². The highest BCUT2D eigenvalue weighted by Crippen LogP contribution is 2.29. The van der Waals surface area contributed by atoms with E-state index in [0.717, 1.165) is 61.1 Å². The summed E-state index contributed by atoms with van der Waals surface area (Å²) in [5.41, 5.74) is 1.12. The topological polar surface area (TPSA) is 32.3 Å². The van der Waals surface area contributed by atoms with E-state index in [-0.39, 0.29) is 5.92 Å². The third kappa shape index (κ3) is 4.01. The number of halogens is 2. The molecule has 0 spiro atoms. The first-order chi connectivity index (χ1) is 11.0. The van der Waals surface area contributed by atoms with Crippen molar-refractivity contribution < 1.29 is 4.79 Å². The quantitative estimate of drug-likeness (QED) is 0.895. The molecule has 3 nitrogen and oxygen atoms in total. The fourth-order valence-corrected chi connectivity index (χ4v) is 3.91. The molecule has 1 aromatic rings. The van der Waals surface area contributed by atoms with E-state index in [4.69, 9.17) is 23.2 Å². The highest BCUT2D eigenvalue weighted by Gasteiger charge is 2.33. The van der Waals surface area contributed by atoms with E-state index in [0.29, 0.717) is 17.7 Å². The van der Waals surface area contributed by atoms with Crippen LogP contribution in [0.5, 0.6) is 0 Å². The largest absolute Gasteiger partial charge is 0.342 e. The summed E-state index contributed by atoms with van der Waals surface area (Å²) in [7, 11) is 0. The van der Waals surface area contributed by atoms with Crippen molar-refractivity contribution in [3.8, 4) is 0 Å². The van der Waals surface area contributed by atoms with E-state index >= 15 is 0 Å². The van der Waals surface area contributed by atoms with Gasteiger partial charge in [-0.1, -0.05) is 30.1 Å². The second-order valence-corrected chi connectivity index (χ2v) is 7.76. The lowest BCUT2D eigenvalue weighted by molar-refractivity contribution is -0.138. The van der Waals surface area contributed by atoms with Crippen molar-refractivity contribution in [1.29, 1.82) is 0 Å². The molecular formula is C18H24Cl2N2O. The number of carbonyl (C=O) groups is 1. The van der Waals surface area contributed by atoms with Crippen LogP contribution in [0, 0.1) is 17.8 Å². The van der Waals surface area contributed by atoms with Gasteiger partial charge in [0, 0.05) is 29.1 Å². The van der Waals surface area contributed by atoms with Crippen LogP contribution in [0.3, 0.4) is 0 Å². The van der Waals surface area contributed by atoms with Crippen LogP contribution >= 0.6 is 23.2 Å². The van der Waals surface area contributed by atoms with Crippen LogP contribution in [0.2, 0.25) is 10.0 Å². The second kappa shape index (κ2) is 7.42. The standard InChI is InChI=1S/C18H24Cl2N2O/c1-12(15-10-21-11-15)18(23)22-6-4-13(5-7-22)8-14-9-16(19)2-3-17(14)20/h2-3,9,12-13,15,21H,4-8,10-11H2,1H3. The minimum atomic E-state index is 0.148. The van der Waals surface area contributed by atoms with E-state index in [9.17, 15) is 4.79 Å². The molecule has 0 bridgehead atoms. The Morgan fingerprint density at radius 2 is 2.00 bits per heavy atom. The lowest BCUT2D eigenvalue weighted by Gasteiger charge is -2.38. The molecule has 0 radical (unpaired) electrons. The number of carbonyl (C=O) groups excluding carboxylic acids is 1. The maximum Gasteiger partial charge on any atom is 0.225 e. The van der Waals surface area contributed by atoms with Gasteiger partial charge in [-0.2, -0.15) is 0 Å². The first-order valence-electron chi connectivity index (χ1n) is 8.48. The predicted molar refractivity (Wildman–Crippen MR) is 95.0 cm³/mol. The molecule has 1 atom stereocenters. The zero-order valence-corrected chi connectivity index (χ0v) is 15.0. The molecule has 23 heavy (non-hydrogen) atoms. The van der Waals surface area contributed by atoms with Crippen LogP contribution in [-0.2, 0) is 11.2 Å². The molecule has 1 amide bonds. The van der Waals surface area contributed by atoms with Gasteiger partial charge in [0.05, 0.1) is 0 Å². The molecule has 1 N–H and O–H groups in total. The van der Waals surface area contributed by atoms with E-state index in [1.54, 1.807) is 0 Å². The molecule has 0 aromatic heterocycles. The van der Waals surface area contributed by atoms with Gasteiger partial charge in [0.1, 0.15) is 0 Å². The summed E-state index contributed by atoms with van der Waals surface area (Å²) in [4.78, 5) is 14.6. The number of nitrogens with zero attached hydrogens (tertiary/aromatic N) is 1. The number of likely N-dealkylation sites (tertiary alicyclic amines) is 1. The lowest BCUT2D eigenvalue weighted by Crippen LogP contribution is -2.51. The first-order valence-corrected chi connectivity index (χ1v) is 9.23. The zero-order valence-electron chi connectivity index (χ0n) is 13.5. The smallest absolute Gasteiger partial charge is 0.225 e.